The first kappa shape index (κ1) is 8.65. The topological polar surface area (TPSA) is 30.0 Å². The molecule has 0 saturated heterocycles. The Bertz CT molecular complexity index is 266. The normalized spacial score (nSPS) is 9.33. The molecule has 0 N–H and O–H groups in total. The second-order valence-electron chi connectivity index (χ2n) is 2.53. The number of nitrogens with zero attached hydrogens (tertiary/aromatic N) is 1. The highest BCUT2D eigenvalue weighted by Gasteiger charge is 1.96. The van der Waals surface area contributed by atoms with Gasteiger partial charge in [0.2, 0.25) is 0 Å². The highest BCUT2D eigenvalue weighted by Crippen LogP contribution is 2.00. The number of rotatable bonds is 4. The van der Waals surface area contributed by atoms with Gasteiger partial charge in [-0.25, -0.2) is 0 Å². The van der Waals surface area contributed by atoms with Gasteiger partial charge in [0.05, 0.1) is 0 Å². The van der Waals surface area contributed by atoms with Gasteiger partial charge in [0, 0.05) is 18.8 Å². The number of hydrogen-bond donors (Lipinski definition) is 0. The van der Waals surface area contributed by atoms with Gasteiger partial charge in [0.1, 0.15) is 0 Å². The number of carbonyl (C=O) groups is 1. The largest absolute Gasteiger partial charge is 0.295 e. The number of pyridine rings is 1. The maximum atomic E-state index is 10.8. The molecule has 62 valence electrons. The first-order valence-corrected chi connectivity index (χ1v) is 3.87. The number of hydrogen-bond acceptors (Lipinski definition) is 2. The third-order valence-corrected chi connectivity index (χ3v) is 1.61. The van der Waals surface area contributed by atoms with Crippen LogP contribution in [0, 0.1) is 0 Å². The van der Waals surface area contributed by atoms with Crippen LogP contribution in [0.4, 0.5) is 0 Å². The molecule has 0 aliphatic heterocycles. The van der Waals surface area contributed by atoms with Crippen molar-refractivity contribution in [3.63, 3.8) is 0 Å². The van der Waals surface area contributed by atoms with Crippen LogP contribution in [-0.4, -0.2) is 10.8 Å². The molecule has 1 heterocycles. The lowest BCUT2D eigenvalue weighted by molar-refractivity contribution is -0.114. The summed E-state index contributed by atoms with van der Waals surface area (Å²) in [5.74, 6) is 0.0823. The summed E-state index contributed by atoms with van der Waals surface area (Å²) in [6.07, 6.45) is 6.12. The SMILES string of the molecule is C=CC(=O)CCc1cccnc1. The van der Waals surface area contributed by atoms with E-state index in [-0.39, 0.29) is 5.78 Å². The average molecular weight is 161 g/mol. The smallest absolute Gasteiger partial charge is 0.155 e. The Labute approximate surface area is 71.9 Å². The van der Waals surface area contributed by atoms with Gasteiger partial charge in [-0.3, -0.25) is 9.78 Å². The second-order valence-corrected chi connectivity index (χ2v) is 2.53. The van der Waals surface area contributed by atoms with E-state index in [1.54, 1.807) is 12.4 Å². The molecular formula is C10H11NO. The Hall–Kier alpha value is -1.44. The van der Waals surface area contributed by atoms with E-state index in [9.17, 15) is 4.79 Å². The maximum absolute atomic E-state index is 10.8. The van der Waals surface area contributed by atoms with Crippen molar-refractivity contribution >= 4 is 5.78 Å². The lowest BCUT2D eigenvalue weighted by atomic mass is 10.1. The summed E-state index contributed by atoms with van der Waals surface area (Å²) < 4.78 is 0. The summed E-state index contributed by atoms with van der Waals surface area (Å²) in [6.45, 7) is 3.41. The fourth-order valence-electron chi connectivity index (χ4n) is 0.916. The molecule has 0 radical (unpaired) electrons. The summed E-state index contributed by atoms with van der Waals surface area (Å²) in [5.41, 5.74) is 1.09. The van der Waals surface area contributed by atoms with E-state index in [0.29, 0.717) is 6.42 Å². The molecule has 0 spiro atoms. The number of ketones is 1. The van der Waals surface area contributed by atoms with Crippen molar-refractivity contribution in [2.75, 3.05) is 0 Å². The van der Waals surface area contributed by atoms with Crippen molar-refractivity contribution in [2.45, 2.75) is 12.8 Å². The molecule has 0 aromatic carbocycles. The van der Waals surface area contributed by atoms with Crippen molar-refractivity contribution in [1.29, 1.82) is 0 Å². The van der Waals surface area contributed by atoms with Crippen LogP contribution < -0.4 is 0 Å². The van der Waals surface area contributed by atoms with Crippen molar-refractivity contribution in [2.24, 2.45) is 0 Å². The van der Waals surface area contributed by atoms with Crippen LogP contribution in [-0.2, 0) is 11.2 Å². The van der Waals surface area contributed by atoms with Crippen LogP contribution in [0.15, 0.2) is 37.2 Å². The van der Waals surface area contributed by atoms with Gasteiger partial charge in [0.15, 0.2) is 5.78 Å². The summed E-state index contributed by atoms with van der Waals surface area (Å²) in [4.78, 5) is 14.8. The fraction of sp³-hybridized carbons (Fsp3) is 0.200. The fourth-order valence-corrected chi connectivity index (χ4v) is 0.916. The first-order chi connectivity index (χ1) is 5.83. The van der Waals surface area contributed by atoms with E-state index in [4.69, 9.17) is 0 Å². The molecule has 0 aliphatic carbocycles. The molecule has 1 aromatic heterocycles. The van der Waals surface area contributed by atoms with Gasteiger partial charge in [-0.2, -0.15) is 0 Å². The third kappa shape index (κ3) is 2.66. The molecule has 2 heteroatoms. The van der Waals surface area contributed by atoms with E-state index in [0.717, 1.165) is 12.0 Å². The first-order valence-electron chi connectivity index (χ1n) is 3.87. The second kappa shape index (κ2) is 4.44. The van der Waals surface area contributed by atoms with Gasteiger partial charge in [-0.15, -0.1) is 0 Å². The van der Waals surface area contributed by atoms with Crippen LogP contribution in [0.5, 0.6) is 0 Å². The van der Waals surface area contributed by atoms with Crippen molar-refractivity contribution in [3.8, 4) is 0 Å². The van der Waals surface area contributed by atoms with Crippen LogP contribution in [0.1, 0.15) is 12.0 Å². The number of allylic oxidation sites excluding steroid dienone is 1. The average Bonchev–Trinajstić information content (AvgIpc) is 2.16. The van der Waals surface area contributed by atoms with E-state index < -0.39 is 0 Å². The Morgan fingerprint density at radius 1 is 1.67 bits per heavy atom. The van der Waals surface area contributed by atoms with Gasteiger partial charge in [0.25, 0.3) is 0 Å². The number of carbonyl (C=O) groups excluding carboxylic acids is 1. The van der Waals surface area contributed by atoms with E-state index in [1.165, 1.54) is 6.08 Å². The minimum absolute atomic E-state index is 0.0823. The molecule has 0 aliphatic rings. The maximum Gasteiger partial charge on any atom is 0.155 e. The highest BCUT2D eigenvalue weighted by atomic mass is 16.1. The zero-order valence-corrected chi connectivity index (χ0v) is 6.86. The van der Waals surface area contributed by atoms with Crippen molar-refractivity contribution in [3.05, 3.63) is 42.7 Å². The molecule has 0 saturated carbocycles. The Morgan fingerprint density at radius 3 is 3.08 bits per heavy atom. The van der Waals surface area contributed by atoms with E-state index in [2.05, 4.69) is 11.6 Å². The Morgan fingerprint density at radius 2 is 2.50 bits per heavy atom. The molecule has 2 nitrogen and oxygen atoms in total. The summed E-state index contributed by atoms with van der Waals surface area (Å²) in [6, 6.07) is 3.83. The number of aryl methyl sites for hydroxylation is 1. The Balaban J connectivity index is 2.43. The monoisotopic (exact) mass is 161 g/mol. The van der Waals surface area contributed by atoms with Gasteiger partial charge in [-0.05, 0) is 24.1 Å². The van der Waals surface area contributed by atoms with Gasteiger partial charge in [-0.1, -0.05) is 12.6 Å². The summed E-state index contributed by atoms with van der Waals surface area (Å²) in [7, 11) is 0. The minimum Gasteiger partial charge on any atom is -0.295 e. The summed E-state index contributed by atoms with van der Waals surface area (Å²) >= 11 is 0. The predicted molar refractivity (Wildman–Crippen MR) is 47.8 cm³/mol. The zero-order valence-electron chi connectivity index (χ0n) is 6.86. The molecule has 0 fully saturated rings. The van der Waals surface area contributed by atoms with Crippen LogP contribution in [0.25, 0.3) is 0 Å². The quantitative estimate of drug-likeness (QED) is 0.630. The van der Waals surface area contributed by atoms with Crippen LogP contribution in [0.3, 0.4) is 0 Å². The van der Waals surface area contributed by atoms with Gasteiger partial charge < -0.3 is 0 Å². The third-order valence-electron chi connectivity index (χ3n) is 1.61. The predicted octanol–water partition coefficient (Wildman–Crippen LogP) is 1.77. The lowest BCUT2D eigenvalue weighted by Crippen LogP contribution is -1.95. The highest BCUT2D eigenvalue weighted by molar-refractivity contribution is 5.89. The molecule has 0 amide bonds. The van der Waals surface area contributed by atoms with E-state index in [1.807, 2.05) is 12.1 Å². The van der Waals surface area contributed by atoms with Crippen LogP contribution >= 0.6 is 0 Å². The molecule has 0 bridgehead atoms. The van der Waals surface area contributed by atoms with Gasteiger partial charge >= 0.3 is 0 Å². The Kier molecular flexibility index (Phi) is 3.20. The molecule has 0 atom stereocenters. The molecule has 1 aromatic rings. The number of aromatic nitrogens is 1. The minimum atomic E-state index is 0.0823. The molecule has 12 heavy (non-hydrogen) atoms. The van der Waals surface area contributed by atoms with Crippen LogP contribution in [0.2, 0.25) is 0 Å². The zero-order chi connectivity index (χ0) is 8.81. The summed E-state index contributed by atoms with van der Waals surface area (Å²) in [5, 5.41) is 0. The molecular weight excluding hydrogens is 150 g/mol. The van der Waals surface area contributed by atoms with E-state index >= 15 is 0 Å². The van der Waals surface area contributed by atoms with Crippen molar-refractivity contribution < 1.29 is 4.79 Å². The van der Waals surface area contributed by atoms with Crippen molar-refractivity contribution in [1.82, 2.24) is 4.98 Å². The molecule has 1 rings (SSSR count). The standard InChI is InChI=1S/C10H11NO/c1-2-10(12)6-5-9-4-3-7-11-8-9/h2-4,7-8H,1,5-6H2. The lowest BCUT2D eigenvalue weighted by Gasteiger charge is -1.96. The molecule has 0 unspecified atom stereocenters.